The Labute approximate surface area is 138 Å². The molecule has 8 heteroatoms. The minimum absolute atomic E-state index is 0.266. The van der Waals surface area contributed by atoms with Crippen LogP contribution in [0.1, 0.15) is 31.1 Å². The third-order valence-electron chi connectivity index (χ3n) is 3.18. The quantitative estimate of drug-likeness (QED) is 0.366. The lowest BCUT2D eigenvalue weighted by Crippen LogP contribution is -2.26. The summed E-state index contributed by atoms with van der Waals surface area (Å²) in [7, 11) is 1.51. The number of fused-ring (bicyclic) bond motifs is 1. The summed E-state index contributed by atoms with van der Waals surface area (Å²) in [5.74, 6) is 0.149. The van der Waals surface area contributed by atoms with Gasteiger partial charge in [0.05, 0.1) is 19.2 Å². The lowest BCUT2D eigenvalue weighted by atomic mass is 10.1. The third kappa shape index (κ3) is 3.67. The molecule has 0 aliphatic carbocycles. The van der Waals surface area contributed by atoms with Crippen molar-refractivity contribution in [1.29, 1.82) is 0 Å². The lowest BCUT2D eigenvalue weighted by molar-refractivity contribution is 0.0544. The number of Topliss-reactive ketones (excluding diaryl/α,β-unsaturated/α-hetero) is 1. The molecule has 126 valence electrons. The number of azide groups is 1. The second-order valence-corrected chi connectivity index (χ2v) is 6.09. The molecule has 24 heavy (non-hydrogen) atoms. The molecule has 0 unspecified atom stereocenters. The Morgan fingerprint density at radius 2 is 2.04 bits per heavy atom. The predicted molar refractivity (Wildman–Crippen MR) is 88.5 cm³/mol. The zero-order valence-electron chi connectivity index (χ0n) is 13.9. The number of hydrogen-bond donors (Lipinski definition) is 0. The summed E-state index contributed by atoms with van der Waals surface area (Å²) in [5, 5.41) is 3.81. The maximum absolute atomic E-state index is 12.4. The van der Waals surface area contributed by atoms with Gasteiger partial charge in [0.1, 0.15) is 11.4 Å². The van der Waals surface area contributed by atoms with Gasteiger partial charge in [0.25, 0.3) is 0 Å². The van der Waals surface area contributed by atoms with Gasteiger partial charge in [0.2, 0.25) is 0 Å². The highest BCUT2D eigenvalue weighted by atomic mass is 16.6. The standard InChI is InChI=1S/C16H18N4O4/c1-16(2,3)24-15(22)20-9-12(14(21)8-18-19-17)11-7-10(23-4)5-6-13(11)20/h5-7,9H,8H2,1-4H3. The van der Waals surface area contributed by atoms with Crippen molar-refractivity contribution in [2.24, 2.45) is 5.11 Å². The van der Waals surface area contributed by atoms with Crippen LogP contribution in [0.2, 0.25) is 0 Å². The van der Waals surface area contributed by atoms with Crippen LogP contribution in [0.3, 0.4) is 0 Å². The highest BCUT2D eigenvalue weighted by Crippen LogP contribution is 2.27. The molecular formula is C16H18N4O4. The van der Waals surface area contributed by atoms with Crippen LogP contribution in [0.5, 0.6) is 5.75 Å². The molecule has 2 rings (SSSR count). The van der Waals surface area contributed by atoms with Crippen molar-refractivity contribution in [3.8, 4) is 5.75 Å². The molecule has 0 bridgehead atoms. The van der Waals surface area contributed by atoms with E-state index in [-0.39, 0.29) is 12.1 Å². The summed E-state index contributed by atoms with van der Waals surface area (Å²) in [6.07, 6.45) is 0.799. The molecule has 0 N–H and O–H groups in total. The number of methoxy groups -OCH3 is 1. The fourth-order valence-electron chi connectivity index (χ4n) is 2.20. The molecule has 0 radical (unpaired) electrons. The van der Waals surface area contributed by atoms with Crippen molar-refractivity contribution >= 4 is 22.8 Å². The van der Waals surface area contributed by atoms with E-state index in [0.29, 0.717) is 16.7 Å². The Hall–Kier alpha value is -2.99. The summed E-state index contributed by atoms with van der Waals surface area (Å²) >= 11 is 0. The first-order chi connectivity index (χ1) is 11.3. The van der Waals surface area contributed by atoms with Crippen LogP contribution in [-0.2, 0) is 4.74 Å². The van der Waals surface area contributed by atoms with E-state index in [2.05, 4.69) is 10.0 Å². The van der Waals surface area contributed by atoms with E-state index in [1.54, 1.807) is 39.0 Å². The minimum atomic E-state index is -0.671. The maximum atomic E-state index is 12.4. The Morgan fingerprint density at radius 3 is 2.62 bits per heavy atom. The van der Waals surface area contributed by atoms with Gasteiger partial charge >= 0.3 is 6.09 Å². The summed E-state index contributed by atoms with van der Waals surface area (Å²) in [6.45, 7) is 4.94. The predicted octanol–water partition coefficient (Wildman–Crippen LogP) is 3.93. The van der Waals surface area contributed by atoms with Gasteiger partial charge in [-0.1, -0.05) is 5.11 Å². The normalized spacial score (nSPS) is 11.0. The topological polar surface area (TPSA) is 106 Å². The van der Waals surface area contributed by atoms with Gasteiger partial charge in [-0.05, 0) is 44.5 Å². The van der Waals surface area contributed by atoms with Gasteiger partial charge in [0, 0.05) is 22.1 Å². The highest BCUT2D eigenvalue weighted by molar-refractivity contribution is 6.11. The Balaban J connectivity index is 2.58. The van der Waals surface area contributed by atoms with E-state index >= 15 is 0 Å². The van der Waals surface area contributed by atoms with Gasteiger partial charge in [-0.3, -0.25) is 9.36 Å². The number of ketones is 1. The fourth-order valence-corrected chi connectivity index (χ4v) is 2.20. The zero-order valence-corrected chi connectivity index (χ0v) is 13.9. The fraction of sp³-hybridized carbons (Fsp3) is 0.375. The van der Waals surface area contributed by atoms with Crippen LogP contribution < -0.4 is 4.74 Å². The number of rotatable bonds is 4. The third-order valence-corrected chi connectivity index (χ3v) is 3.18. The van der Waals surface area contributed by atoms with Gasteiger partial charge < -0.3 is 9.47 Å². The SMILES string of the molecule is COc1ccc2c(c1)c(C(=O)CN=[N+]=[N-])cn2C(=O)OC(C)(C)C. The molecule has 8 nitrogen and oxygen atoms in total. The number of carbonyl (C=O) groups is 2. The van der Waals surface area contributed by atoms with Gasteiger partial charge in [-0.15, -0.1) is 0 Å². The van der Waals surface area contributed by atoms with E-state index < -0.39 is 17.5 Å². The average Bonchev–Trinajstić information content (AvgIpc) is 2.89. The van der Waals surface area contributed by atoms with Crippen LogP contribution in [0.15, 0.2) is 29.5 Å². The average molecular weight is 330 g/mol. The number of hydrogen-bond acceptors (Lipinski definition) is 5. The second kappa shape index (κ2) is 6.64. The molecule has 0 atom stereocenters. The highest BCUT2D eigenvalue weighted by Gasteiger charge is 2.23. The summed E-state index contributed by atoms with van der Waals surface area (Å²) in [5.41, 5.74) is 8.49. The molecule has 0 aliphatic rings. The molecule has 0 amide bonds. The minimum Gasteiger partial charge on any atom is -0.497 e. The monoisotopic (exact) mass is 330 g/mol. The largest absolute Gasteiger partial charge is 0.497 e. The number of nitrogens with zero attached hydrogens (tertiary/aromatic N) is 4. The van der Waals surface area contributed by atoms with E-state index in [1.165, 1.54) is 17.9 Å². The Bertz CT molecular complexity index is 842. The molecule has 0 saturated carbocycles. The van der Waals surface area contributed by atoms with Crippen LogP contribution in [0.25, 0.3) is 21.3 Å². The smallest absolute Gasteiger partial charge is 0.419 e. The van der Waals surface area contributed by atoms with Crippen LogP contribution >= 0.6 is 0 Å². The summed E-state index contributed by atoms with van der Waals surface area (Å²) < 4.78 is 11.8. The van der Waals surface area contributed by atoms with Crippen molar-refractivity contribution in [2.45, 2.75) is 26.4 Å². The molecule has 1 aromatic carbocycles. The molecular weight excluding hydrogens is 312 g/mol. The maximum Gasteiger partial charge on any atom is 0.419 e. The van der Waals surface area contributed by atoms with Gasteiger partial charge in [-0.25, -0.2) is 4.79 Å². The van der Waals surface area contributed by atoms with Gasteiger partial charge in [0.15, 0.2) is 5.78 Å². The summed E-state index contributed by atoms with van der Waals surface area (Å²) in [6, 6.07) is 5.01. The Morgan fingerprint density at radius 1 is 1.33 bits per heavy atom. The number of carbonyl (C=O) groups excluding carboxylic acids is 2. The van der Waals surface area contributed by atoms with Crippen LogP contribution in [0, 0.1) is 0 Å². The lowest BCUT2D eigenvalue weighted by Gasteiger charge is -2.19. The first kappa shape index (κ1) is 17.4. The molecule has 2 aromatic rings. The second-order valence-electron chi connectivity index (χ2n) is 6.09. The number of ether oxygens (including phenoxy) is 2. The van der Waals surface area contributed by atoms with Gasteiger partial charge in [-0.2, -0.15) is 0 Å². The number of benzene rings is 1. The molecule has 0 spiro atoms. The van der Waals surface area contributed by atoms with E-state index in [1.807, 2.05) is 0 Å². The molecule has 1 aromatic heterocycles. The van der Waals surface area contributed by atoms with Crippen molar-refractivity contribution in [3.05, 3.63) is 40.4 Å². The molecule has 0 saturated heterocycles. The first-order valence-electron chi connectivity index (χ1n) is 7.23. The van der Waals surface area contributed by atoms with E-state index in [4.69, 9.17) is 15.0 Å². The van der Waals surface area contributed by atoms with Crippen LogP contribution in [-0.4, -0.2) is 35.7 Å². The van der Waals surface area contributed by atoms with Crippen molar-refractivity contribution in [2.75, 3.05) is 13.7 Å². The Kier molecular flexibility index (Phi) is 4.80. The van der Waals surface area contributed by atoms with Crippen LogP contribution in [0.4, 0.5) is 4.79 Å². The first-order valence-corrected chi connectivity index (χ1v) is 7.23. The van der Waals surface area contributed by atoms with Crippen molar-refractivity contribution in [1.82, 2.24) is 4.57 Å². The summed E-state index contributed by atoms with van der Waals surface area (Å²) in [4.78, 5) is 27.2. The van der Waals surface area contributed by atoms with E-state index in [9.17, 15) is 9.59 Å². The van der Waals surface area contributed by atoms with Crippen molar-refractivity contribution < 1.29 is 19.1 Å². The zero-order chi connectivity index (χ0) is 17.9. The number of aromatic nitrogens is 1. The van der Waals surface area contributed by atoms with Crippen molar-refractivity contribution in [3.63, 3.8) is 0 Å². The molecule has 0 aliphatic heterocycles. The molecule has 0 fully saturated rings. The molecule has 1 heterocycles. The van der Waals surface area contributed by atoms with E-state index in [0.717, 1.165) is 0 Å².